The molecule has 1 aromatic heterocycles. The Hall–Kier alpha value is -1.60. The van der Waals surface area contributed by atoms with Crippen LogP contribution in [0, 0.1) is 6.92 Å². The number of rotatable bonds is 4. The molecule has 0 aliphatic carbocycles. The molecule has 118 valence electrons. The number of nitrogens with two attached hydrogens (primary N) is 1. The van der Waals surface area contributed by atoms with E-state index in [9.17, 15) is 4.79 Å². The highest BCUT2D eigenvalue weighted by molar-refractivity contribution is 5.93. The van der Waals surface area contributed by atoms with Gasteiger partial charge in [0.25, 0.3) is 0 Å². The maximum absolute atomic E-state index is 12.1. The molecule has 0 saturated carbocycles. The fourth-order valence-corrected chi connectivity index (χ4v) is 2.47. The number of ether oxygens (including phenoxy) is 2. The van der Waals surface area contributed by atoms with Gasteiger partial charge in [0.05, 0.1) is 18.0 Å². The van der Waals surface area contributed by atoms with Crippen molar-refractivity contribution >= 4 is 11.7 Å². The number of aryl methyl sites for hydroxylation is 2. The van der Waals surface area contributed by atoms with Crippen molar-refractivity contribution in [1.82, 2.24) is 14.7 Å². The Morgan fingerprint density at radius 3 is 2.86 bits per heavy atom. The molecule has 1 atom stereocenters. The van der Waals surface area contributed by atoms with Gasteiger partial charge in [-0.05, 0) is 20.8 Å². The number of morpholine rings is 1. The number of carbonyl (C=O) groups excluding carboxylic acids is 1. The maximum atomic E-state index is 12.1. The van der Waals surface area contributed by atoms with Crippen LogP contribution >= 0.6 is 0 Å². The number of anilines is 1. The van der Waals surface area contributed by atoms with Crippen LogP contribution in [0.2, 0.25) is 0 Å². The normalized spacial score (nSPS) is 20.0. The van der Waals surface area contributed by atoms with E-state index in [1.807, 2.05) is 0 Å². The van der Waals surface area contributed by atoms with Crippen molar-refractivity contribution in [2.75, 3.05) is 32.0 Å². The molecule has 2 rings (SSSR count). The van der Waals surface area contributed by atoms with Crippen LogP contribution in [0.3, 0.4) is 0 Å². The van der Waals surface area contributed by atoms with Crippen LogP contribution in [-0.2, 0) is 16.5 Å². The van der Waals surface area contributed by atoms with E-state index < -0.39 is 5.97 Å². The number of nitrogens with zero attached hydrogens (tertiary/aromatic N) is 3. The molecule has 1 fully saturated rings. The lowest BCUT2D eigenvalue weighted by Crippen LogP contribution is -2.47. The number of nitrogen functional groups attached to an aromatic ring is 1. The summed E-state index contributed by atoms with van der Waals surface area (Å²) in [6.45, 7) is 8.62. The Balaban J connectivity index is 1.92. The van der Waals surface area contributed by atoms with Crippen molar-refractivity contribution in [3.05, 3.63) is 11.4 Å². The third kappa shape index (κ3) is 3.54. The number of carbonyl (C=O) groups is 1. The van der Waals surface area contributed by atoms with Gasteiger partial charge in [-0.1, -0.05) is 0 Å². The summed E-state index contributed by atoms with van der Waals surface area (Å²) in [7, 11) is 1.68. The molecule has 1 aliphatic rings. The molecule has 2 N–H and O–H groups in total. The van der Waals surface area contributed by atoms with Gasteiger partial charge in [-0.15, -0.1) is 0 Å². The van der Waals surface area contributed by atoms with Crippen LogP contribution in [0.4, 0.5) is 5.69 Å². The second-order valence-corrected chi connectivity index (χ2v) is 5.65. The van der Waals surface area contributed by atoms with Crippen molar-refractivity contribution in [1.29, 1.82) is 0 Å². The Morgan fingerprint density at radius 1 is 1.57 bits per heavy atom. The highest BCUT2D eigenvalue weighted by Crippen LogP contribution is 2.17. The van der Waals surface area contributed by atoms with Crippen molar-refractivity contribution < 1.29 is 14.3 Å². The molecule has 0 bridgehead atoms. The average molecular weight is 296 g/mol. The topological polar surface area (TPSA) is 82.6 Å². The number of esters is 1. The van der Waals surface area contributed by atoms with Crippen molar-refractivity contribution in [2.24, 2.45) is 7.05 Å². The molecule has 1 saturated heterocycles. The van der Waals surface area contributed by atoms with E-state index in [0.717, 1.165) is 13.1 Å². The molecular formula is C14H24N4O3. The zero-order valence-corrected chi connectivity index (χ0v) is 13.1. The molecule has 2 heterocycles. The lowest BCUT2D eigenvalue weighted by molar-refractivity contribution is -0.0664. The molecule has 7 heteroatoms. The van der Waals surface area contributed by atoms with Gasteiger partial charge in [-0.2, -0.15) is 5.10 Å². The SMILES string of the molecule is Cc1nn(C)c(C(=O)OCC2CN(C(C)C)CCO2)c1N. The minimum atomic E-state index is -0.458. The lowest BCUT2D eigenvalue weighted by atomic mass is 10.2. The first kappa shape index (κ1) is 15.8. The highest BCUT2D eigenvalue weighted by Gasteiger charge is 2.25. The second kappa shape index (κ2) is 6.44. The van der Waals surface area contributed by atoms with Crippen LogP contribution in [0.25, 0.3) is 0 Å². The van der Waals surface area contributed by atoms with E-state index in [1.165, 1.54) is 4.68 Å². The fraction of sp³-hybridized carbons (Fsp3) is 0.714. The molecule has 1 unspecified atom stereocenters. The fourth-order valence-electron chi connectivity index (χ4n) is 2.47. The first-order chi connectivity index (χ1) is 9.90. The first-order valence-corrected chi connectivity index (χ1v) is 7.22. The Morgan fingerprint density at radius 2 is 2.29 bits per heavy atom. The van der Waals surface area contributed by atoms with Crippen LogP contribution in [0.5, 0.6) is 0 Å². The smallest absolute Gasteiger partial charge is 0.358 e. The summed E-state index contributed by atoms with van der Waals surface area (Å²) in [6.07, 6.45) is -0.0966. The van der Waals surface area contributed by atoms with Crippen LogP contribution in [-0.4, -0.2) is 59.1 Å². The Labute approximate surface area is 125 Å². The zero-order chi connectivity index (χ0) is 15.6. The summed E-state index contributed by atoms with van der Waals surface area (Å²) >= 11 is 0. The largest absolute Gasteiger partial charge is 0.458 e. The molecule has 0 aromatic carbocycles. The highest BCUT2D eigenvalue weighted by atomic mass is 16.6. The quantitative estimate of drug-likeness (QED) is 0.818. The summed E-state index contributed by atoms with van der Waals surface area (Å²) in [5.74, 6) is -0.458. The molecule has 0 spiro atoms. The van der Waals surface area contributed by atoms with E-state index in [2.05, 4.69) is 23.8 Å². The number of hydrogen-bond donors (Lipinski definition) is 1. The molecule has 1 aromatic rings. The van der Waals surface area contributed by atoms with Gasteiger partial charge in [0.2, 0.25) is 0 Å². The van der Waals surface area contributed by atoms with Gasteiger partial charge in [0.15, 0.2) is 5.69 Å². The molecule has 0 amide bonds. The minimum Gasteiger partial charge on any atom is -0.458 e. The molecule has 21 heavy (non-hydrogen) atoms. The molecule has 1 aliphatic heterocycles. The van der Waals surface area contributed by atoms with Crippen molar-refractivity contribution in [2.45, 2.75) is 32.9 Å². The van der Waals surface area contributed by atoms with Gasteiger partial charge >= 0.3 is 5.97 Å². The van der Waals surface area contributed by atoms with E-state index in [-0.39, 0.29) is 12.7 Å². The lowest BCUT2D eigenvalue weighted by Gasteiger charge is -2.35. The van der Waals surface area contributed by atoms with Gasteiger partial charge in [0, 0.05) is 26.2 Å². The van der Waals surface area contributed by atoms with Crippen molar-refractivity contribution in [3.8, 4) is 0 Å². The third-order valence-corrected chi connectivity index (χ3v) is 3.76. The van der Waals surface area contributed by atoms with Gasteiger partial charge in [-0.25, -0.2) is 4.79 Å². The second-order valence-electron chi connectivity index (χ2n) is 5.65. The first-order valence-electron chi connectivity index (χ1n) is 7.22. The maximum Gasteiger partial charge on any atom is 0.358 e. The zero-order valence-electron chi connectivity index (χ0n) is 13.1. The average Bonchev–Trinajstić information content (AvgIpc) is 2.70. The van der Waals surface area contributed by atoms with Crippen molar-refractivity contribution in [3.63, 3.8) is 0 Å². The predicted molar refractivity (Wildman–Crippen MR) is 79.1 cm³/mol. The Kier molecular flexibility index (Phi) is 4.84. The predicted octanol–water partition coefficient (Wildman–Crippen LogP) is 0.577. The summed E-state index contributed by atoms with van der Waals surface area (Å²) in [6, 6.07) is 0.461. The number of aromatic nitrogens is 2. The molecule has 7 nitrogen and oxygen atoms in total. The molecular weight excluding hydrogens is 272 g/mol. The van der Waals surface area contributed by atoms with E-state index in [0.29, 0.717) is 29.7 Å². The summed E-state index contributed by atoms with van der Waals surface area (Å²) in [5, 5.41) is 4.11. The van der Waals surface area contributed by atoms with E-state index in [4.69, 9.17) is 15.2 Å². The minimum absolute atomic E-state index is 0.0966. The third-order valence-electron chi connectivity index (χ3n) is 3.76. The summed E-state index contributed by atoms with van der Waals surface area (Å²) in [5.41, 5.74) is 7.15. The van der Waals surface area contributed by atoms with Crippen LogP contribution in [0.1, 0.15) is 30.0 Å². The Bertz CT molecular complexity index is 513. The standard InChI is InChI=1S/C14H24N4O3/c1-9(2)18-5-6-20-11(7-18)8-21-14(19)13-12(15)10(3)16-17(13)4/h9,11H,5-8,15H2,1-4H3. The van der Waals surface area contributed by atoms with Gasteiger partial charge in [-0.3, -0.25) is 9.58 Å². The van der Waals surface area contributed by atoms with Crippen LogP contribution in [0.15, 0.2) is 0 Å². The summed E-state index contributed by atoms with van der Waals surface area (Å²) in [4.78, 5) is 14.4. The van der Waals surface area contributed by atoms with E-state index in [1.54, 1.807) is 14.0 Å². The monoisotopic (exact) mass is 296 g/mol. The van der Waals surface area contributed by atoms with Crippen LogP contribution < -0.4 is 5.73 Å². The number of hydrogen-bond acceptors (Lipinski definition) is 6. The summed E-state index contributed by atoms with van der Waals surface area (Å²) < 4.78 is 12.4. The van der Waals surface area contributed by atoms with Gasteiger partial charge in [0.1, 0.15) is 12.7 Å². The molecule has 0 radical (unpaired) electrons. The van der Waals surface area contributed by atoms with Gasteiger partial charge < -0.3 is 15.2 Å². The van der Waals surface area contributed by atoms with E-state index >= 15 is 0 Å².